The number of aromatic amines is 1. The molecule has 0 spiro atoms. The van der Waals surface area contributed by atoms with Crippen molar-refractivity contribution in [2.45, 2.75) is 32.2 Å². The summed E-state index contributed by atoms with van der Waals surface area (Å²) in [5.74, 6) is -2.75. The van der Waals surface area contributed by atoms with Gasteiger partial charge in [-0.25, -0.2) is 8.78 Å². The third kappa shape index (κ3) is 11.4. The summed E-state index contributed by atoms with van der Waals surface area (Å²) in [7, 11) is 0. The first-order valence-electron chi connectivity index (χ1n) is 8.08. The van der Waals surface area contributed by atoms with E-state index in [4.69, 9.17) is 0 Å². The summed E-state index contributed by atoms with van der Waals surface area (Å²) in [6, 6.07) is 0.841. The van der Waals surface area contributed by atoms with Gasteiger partial charge < -0.3 is 4.98 Å². The average Bonchev–Trinajstić information content (AvgIpc) is 2.66. The maximum Gasteiger partial charge on any atom is 0.406 e. The minimum Gasteiger partial charge on any atom is -0.320 e. The predicted octanol–water partition coefficient (Wildman–Crippen LogP) is 3.84. The van der Waals surface area contributed by atoms with Crippen LogP contribution in [0.4, 0.5) is 46.5 Å². The normalized spacial score (nSPS) is 10.9. The third-order valence-electron chi connectivity index (χ3n) is 3.04. The number of nitro groups is 2. The van der Waals surface area contributed by atoms with E-state index in [1.165, 1.54) is 0 Å². The van der Waals surface area contributed by atoms with Crippen LogP contribution in [-0.4, -0.2) is 31.8 Å². The zero-order valence-electron chi connectivity index (χ0n) is 16.0. The molecular formula is C15H12F8N4O6. The quantitative estimate of drug-likeness (QED) is 0.389. The molecule has 10 nitrogen and oxygen atoms in total. The minimum absolute atomic E-state index is 0.0898. The SMILES string of the molecule is CCC(F)(F)F.O=c1[nH]cc([N+](=O)[O-])cc1F.O=c1c(F)cc([N+](=O)[O-])cn1CC(F)(F)F. The summed E-state index contributed by atoms with van der Waals surface area (Å²) in [6.07, 6.45) is -8.26. The second kappa shape index (κ2) is 11.7. The Labute approximate surface area is 176 Å². The second-order valence-electron chi connectivity index (χ2n) is 5.61. The summed E-state index contributed by atoms with van der Waals surface area (Å²) in [5, 5.41) is 20.2. The van der Waals surface area contributed by atoms with Crippen LogP contribution in [0.15, 0.2) is 34.1 Å². The van der Waals surface area contributed by atoms with Crippen LogP contribution >= 0.6 is 0 Å². The van der Waals surface area contributed by atoms with Crippen LogP contribution in [-0.2, 0) is 6.54 Å². The molecule has 0 atom stereocenters. The number of H-pyrrole nitrogens is 1. The molecule has 0 unspecified atom stereocenters. The molecule has 2 aromatic heterocycles. The van der Waals surface area contributed by atoms with Crippen LogP contribution < -0.4 is 11.1 Å². The van der Waals surface area contributed by atoms with Crippen LogP contribution in [0.3, 0.4) is 0 Å². The van der Waals surface area contributed by atoms with Crippen molar-refractivity contribution in [3.8, 4) is 0 Å². The Morgan fingerprint density at radius 3 is 1.73 bits per heavy atom. The molecule has 2 rings (SSSR count). The molecule has 0 aromatic carbocycles. The fourth-order valence-electron chi connectivity index (χ4n) is 1.55. The van der Waals surface area contributed by atoms with Crippen molar-refractivity contribution in [1.29, 1.82) is 0 Å². The molecule has 1 N–H and O–H groups in total. The topological polar surface area (TPSA) is 141 Å². The van der Waals surface area contributed by atoms with Crippen LogP contribution in [0.1, 0.15) is 13.3 Å². The van der Waals surface area contributed by atoms with Crippen LogP contribution in [0.2, 0.25) is 0 Å². The lowest BCUT2D eigenvalue weighted by Gasteiger charge is -2.08. The molecule has 184 valence electrons. The molecule has 0 aliphatic carbocycles. The first kappa shape index (κ1) is 29.1. The Kier molecular flexibility index (Phi) is 10.3. The van der Waals surface area contributed by atoms with Gasteiger partial charge in [-0.15, -0.1) is 0 Å². The average molecular weight is 496 g/mol. The van der Waals surface area contributed by atoms with E-state index in [-0.39, 0.29) is 10.6 Å². The summed E-state index contributed by atoms with van der Waals surface area (Å²) >= 11 is 0. The lowest BCUT2D eigenvalue weighted by Crippen LogP contribution is -2.29. The Hall–Kier alpha value is -3.86. The number of alkyl halides is 6. The van der Waals surface area contributed by atoms with Crippen molar-refractivity contribution < 1.29 is 45.0 Å². The molecule has 0 saturated heterocycles. The molecule has 0 fully saturated rings. The van der Waals surface area contributed by atoms with Crippen molar-refractivity contribution in [2.75, 3.05) is 0 Å². The zero-order chi connectivity index (χ0) is 26.1. The Balaban J connectivity index is 0.000000520. The first-order chi connectivity index (χ1) is 14.9. The molecular weight excluding hydrogens is 484 g/mol. The number of hydrogen-bond donors (Lipinski definition) is 1. The number of nitrogens with one attached hydrogen (secondary N) is 1. The maximum atomic E-state index is 12.8. The summed E-state index contributed by atoms with van der Waals surface area (Å²) in [6.45, 7) is -0.690. The number of pyridine rings is 2. The Morgan fingerprint density at radius 1 is 0.909 bits per heavy atom. The van der Waals surface area contributed by atoms with Crippen molar-refractivity contribution >= 4 is 11.4 Å². The van der Waals surface area contributed by atoms with Crippen molar-refractivity contribution in [3.63, 3.8) is 0 Å². The fraction of sp³-hybridized carbons (Fsp3) is 0.333. The van der Waals surface area contributed by atoms with Gasteiger partial charge in [0.25, 0.3) is 22.5 Å². The van der Waals surface area contributed by atoms with Gasteiger partial charge in [0.1, 0.15) is 6.54 Å². The predicted molar refractivity (Wildman–Crippen MR) is 93.4 cm³/mol. The number of hydrogen-bond acceptors (Lipinski definition) is 6. The highest BCUT2D eigenvalue weighted by Gasteiger charge is 2.30. The molecule has 33 heavy (non-hydrogen) atoms. The molecule has 0 radical (unpaired) electrons. The van der Waals surface area contributed by atoms with E-state index in [9.17, 15) is 64.9 Å². The van der Waals surface area contributed by atoms with Crippen LogP contribution in [0.5, 0.6) is 0 Å². The van der Waals surface area contributed by atoms with E-state index >= 15 is 0 Å². The van der Waals surface area contributed by atoms with Gasteiger partial charge in [-0.05, 0) is 0 Å². The number of nitrogens with zero attached hydrogens (tertiary/aromatic N) is 3. The fourth-order valence-corrected chi connectivity index (χ4v) is 1.55. The molecule has 0 aliphatic heterocycles. The highest BCUT2D eigenvalue weighted by Crippen LogP contribution is 2.18. The molecule has 0 aliphatic rings. The summed E-state index contributed by atoms with van der Waals surface area (Å²) in [5.41, 5.74) is -3.90. The van der Waals surface area contributed by atoms with Gasteiger partial charge in [-0.2, -0.15) is 26.3 Å². The third-order valence-corrected chi connectivity index (χ3v) is 3.04. The van der Waals surface area contributed by atoms with Crippen molar-refractivity contribution in [2.24, 2.45) is 0 Å². The molecule has 2 heterocycles. The molecule has 0 amide bonds. The number of halogens is 8. The van der Waals surface area contributed by atoms with Gasteiger partial charge >= 0.3 is 12.4 Å². The standard InChI is InChI=1S/C7H4F4N2O3.C5H3FN2O3.C3H5F3/c8-5-1-4(13(15)16)2-12(6(5)14)3-7(9,10)11;6-4-1-3(8(10)11)2-7-5(4)9;1-2-3(4,5)6/h1-2H,3H2;1-2H,(H,7,9);2H2,1H3. The van der Waals surface area contributed by atoms with E-state index in [0.29, 0.717) is 12.3 Å². The van der Waals surface area contributed by atoms with Gasteiger partial charge in [-0.1, -0.05) is 6.92 Å². The van der Waals surface area contributed by atoms with E-state index in [1.54, 1.807) is 0 Å². The minimum atomic E-state index is -4.76. The second-order valence-corrected chi connectivity index (χ2v) is 5.61. The largest absolute Gasteiger partial charge is 0.406 e. The van der Waals surface area contributed by atoms with Gasteiger partial charge in [0.05, 0.1) is 34.4 Å². The molecule has 2 aromatic rings. The highest BCUT2D eigenvalue weighted by atomic mass is 19.4. The molecule has 0 bridgehead atoms. The van der Waals surface area contributed by atoms with E-state index in [2.05, 4.69) is 0 Å². The van der Waals surface area contributed by atoms with E-state index < -0.39 is 69.3 Å². The Bertz CT molecular complexity index is 1090. The number of rotatable bonds is 3. The lowest BCUT2D eigenvalue weighted by molar-refractivity contribution is -0.385. The van der Waals surface area contributed by atoms with Gasteiger partial charge in [0.15, 0.2) is 11.6 Å². The number of aromatic nitrogens is 2. The Morgan fingerprint density at radius 2 is 1.36 bits per heavy atom. The zero-order valence-corrected chi connectivity index (χ0v) is 16.0. The van der Waals surface area contributed by atoms with E-state index in [1.807, 2.05) is 4.98 Å². The van der Waals surface area contributed by atoms with Gasteiger partial charge in [0, 0.05) is 6.42 Å². The van der Waals surface area contributed by atoms with Crippen molar-refractivity contribution in [3.05, 3.63) is 77.1 Å². The highest BCUT2D eigenvalue weighted by molar-refractivity contribution is 5.26. The van der Waals surface area contributed by atoms with E-state index in [0.717, 1.165) is 13.1 Å². The monoisotopic (exact) mass is 496 g/mol. The molecule has 0 saturated carbocycles. The maximum absolute atomic E-state index is 12.8. The first-order valence-corrected chi connectivity index (χ1v) is 8.08. The smallest absolute Gasteiger partial charge is 0.320 e. The molecule has 18 heteroatoms. The van der Waals surface area contributed by atoms with Gasteiger partial charge in [0.2, 0.25) is 0 Å². The summed E-state index contributed by atoms with van der Waals surface area (Å²) in [4.78, 5) is 41.4. The van der Waals surface area contributed by atoms with Gasteiger partial charge in [-0.3, -0.25) is 34.4 Å². The van der Waals surface area contributed by atoms with Crippen LogP contribution in [0, 0.1) is 31.9 Å². The van der Waals surface area contributed by atoms with Crippen molar-refractivity contribution in [1.82, 2.24) is 9.55 Å². The lowest BCUT2D eigenvalue weighted by atomic mass is 10.4. The van der Waals surface area contributed by atoms with Crippen LogP contribution in [0.25, 0.3) is 0 Å². The summed E-state index contributed by atoms with van der Waals surface area (Å²) < 4.78 is 93.1.